The van der Waals surface area contributed by atoms with E-state index in [2.05, 4.69) is 0 Å². The van der Waals surface area contributed by atoms with Gasteiger partial charge in [-0.1, -0.05) is 0 Å². The van der Waals surface area contributed by atoms with E-state index >= 15 is 0 Å². The molecule has 1 atom stereocenters. The van der Waals surface area contributed by atoms with Crippen molar-refractivity contribution >= 4 is 11.9 Å². The Kier molecular flexibility index (Phi) is 5.21. The maximum Gasteiger partial charge on any atom is 0.329 e. The molecular formula is C10H17NO5. The van der Waals surface area contributed by atoms with E-state index in [1.807, 2.05) is 0 Å². The third kappa shape index (κ3) is 4.16. The van der Waals surface area contributed by atoms with Gasteiger partial charge < -0.3 is 19.5 Å². The number of piperidine rings is 1. The third-order valence-electron chi connectivity index (χ3n) is 2.52. The number of carboxylic acid groups (broad SMARTS) is 1. The van der Waals surface area contributed by atoms with Crippen LogP contribution in [0.3, 0.4) is 0 Å². The summed E-state index contributed by atoms with van der Waals surface area (Å²) in [5, 5.41) is 8.35. The molecule has 1 aliphatic rings. The van der Waals surface area contributed by atoms with Gasteiger partial charge in [0.05, 0.1) is 6.10 Å². The van der Waals surface area contributed by atoms with Crippen LogP contribution >= 0.6 is 0 Å². The van der Waals surface area contributed by atoms with Crippen molar-refractivity contribution in [2.45, 2.75) is 18.9 Å². The first-order valence-electron chi connectivity index (χ1n) is 5.23. The third-order valence-corrected chi connectivity index (χ3v) is 2.52. The van der Waals surface area contributed by atoms with Gasteiger partial charge in [0, 0.05) is 20.2 Å². The van der Waals surface area contributed by atoms with Crippen molar-refractivity contribution in [2.24, 2.45) is 0 Å². The standard InChI is InChI=1S/C10H17NO5/c1-15-8-3-2-4-11(5-8)9(12)6-16-7-10(13)14/h8H,2-7H2,1H3,(H,13,14). The van der Waals surface area contributed by atoms with Gasteiger partial charge in [-0.25, -0.2) is 4.79 Å². The molecule has 1 N–H and O–H groups in total. The Balaban J connectivity index is 2.27. The minimum Gasteiger partial charge on any atom is -0.480 e. The quantitative estimate of drug-likeness (QED) is 0.704. The van der Waals surface area contributed by atoms with Crippen molar-refractivity contribution in [1.82, 2.24) is 4.90 Å². The van der Waals surface area contributed by atoms with Crippen LogP contribution in [0.5, 0.6) is 0 Å². The van der Waals surface area contributed by atoms with Gasteiger partial charge in [-0.15, -0.1) is 0 Å². The second kappa shape index (κ2) is 6.44. The Morgan fingerprint density at radius 2 is 2.19 bits per heavy atom. The second-order valence-electron chi connectivity index (χ2n) is 3.73. The zero-order chi connectivity index (χ0) is 12.0. The van der Waals surface area contributed by atoms with Crippen LogP contribution in [0, 0.1) is 0 Å². The monoisotopic (exact) mass is 231 g/mol. The average Bonchev–Trinajstić information content (AvgIpc) is 2.28. The molecule has 1 fully saturated rings. The maximum absolute atomic E-state index is 11.6. The lowest BCUT2D eigenvalue weighted by Gasteiger charge is -2.31. The van der Waals surface area contributed by atoms with Crippen molar-refractivity contribution in [2.75, 3.05) is 33.4 Å². The molecule has 1 rings (SSSR count). The van der Waals surface area contributed by atoms with Crippen molar-refractivity contribution < 1.29 is 24.2 Å². The molecule has 0 spiro atoms. The molecular weight excluding hydrogens is 214 g/mol. The highest BCUT2D eigenvalue weighted by Gasteiger charge is 2.23. The van der Waals surface area contributed by atoms with Crippen LogP contribution < -0.4 is 0 Å². The number of nitrogens with zero attached hydrogens (tertiary/aromatic N) is 1. The largest absolute Gasteiger partial charge is 0.480 e. The van der Waals surface area contributed by atoms with Gasteiger partial charge >= 0.3 is 5.97 Å². The van der Waals surface area contributed by atoms with Gasteiger partial charge in [0.1, 0.15) is 13.2 Å². The van der Waals surface area contributed by atoms with E-state index < -0.39 is 12.6 Å². The van der Waals surface area contributed by atoms with Gasteiger partial charge in [0.15, 0.2) is 0 Å². The lowest BCUT2D eigenvalue weighted by atomic mass is 10.1. The fourth-order valence-electron chi connectivity index (χ4n) is 1.67. The molecule has 0 aliphatic carbocycles. The Hall–Kier alpha value is -1.14. The number of ether oxygens (including phenoxy) is 2. The van der Waals surface area contributed by atoms with E-state index in [4.69, 9.17) is 14.6 Å². The molecule has 16 heavy (non-hydrogen) atoms. The van der Waals surface area contributed by atoms with Crippen molar-refractivity contribution in [3.05, 3.63) is 0 Å². The fraction of sp³-hybridized carbons (Fsp3) is 0.800. The molecule has 1 saturated heterocycles. The van der Waals surface area contributed by atoms with Crippen LogP contribution in [-0.4, -0.2) is 61.4 Å². The van der Waals surface area contributed by atoms with Crippen molar-refractivity contribution in [3.63, 3.8) is 0 Å². The maximum atomic E-state index is 11.6. The van der Waals surface area contributed by atoms with Crippen LogP contribution in [0.2, 0.25) is 0 Å². The van der Waals surface area contributed by atoms with E-state index in [0.29, 0.717) is 13.1 Å². The number of rotatable bonds is 5. The summed E-state index contributed by atoms with van der Waals surface area (Å²) in [4.78, 5) is 23.4. The Morgan fingerprint density at radius 1 is 1.44 bits per heavy atom. The lowest BCUT2D eigenvalue weighted by Crippen LogP contribution is -2.44. The predicted octanol–water partition coefficient (Wildman–Crippen LogP) is -0.275. The molecule has 1 aliphatic heterocycles. The summed E-state index contributed by atoms with van der Waals surface area (Å²) in [6, 6.07) is 0. The zero-order valence-corrected chi connectivity index (χ0v) is 9.35. The number of hydrogen-bond donors (Lipinski definition) is 1. The molecule has 0 aromatic carbocycles. The number of carboxylic acids is 1. The van der Waals surface area contributed by atoms with Crippen LogP contribution in [-0.2, 0) is 19.1 Å². The first-order chi connectivity index (χ1) is 7.63. The Morgan fingerprint density at radius 3 is 2.81 bits per heavy atom. The molecule has 6 nitrogen and oxygen atoms in total. The molecule has 1 unspecified atom stereocenters. The highest BCUT2D eigenvalue weighted by molar-refractivity contribution is 5.78. The van der Waals surface area contributed by atoms with Gasteiger partial charge in [-0.05, 0) is 12.8 Å². The summed E-state index contributed by atoms with van der Waals surface area (Å²) in [6.45, 7) is 0.636. The number of methoxy groups -OCH3 is 1. The lowest BCUT2D eigenvalue weighted by molar-refractivity contribution is -0.147. The molecule has 1 amide bonds. The molecule has 0 radical (unpaired) electrons. The summed E-state index contributed by atoms with van der Waals surface area (Å²) in [7, 11) is 1.62. The number of carbonyl (C=O) groups is 2. The number of likely N-dealkylation sites (tertiary alicyclic amines) is 1. The number of hydrogen-bond acceptors (Lipinski definition) is 4. The molecule has 6 heteroatoms. The van der Waals surface area contributed by atoms with E-state index in [0.717, 1.165) is 12.8 Å². The number of aliphatic carboxylic acids is 1. The summed E-state index contributed by atoms with van der Waals surface area (Å²) in [5.74, 6) is -1.25. The van der Waals surface area contributed by atoms with E-state index in [1.165, 1.54) is 0 Å². The summed E-state index contributed by atoms with van der Waals surface area (Å²) in [6.07, 6.45) is 1.94. The predicted molar refractivity (Wildman–Crippen MR) is 55.1 cm³/mol. The Bertz CT molecular complexity index is 256. The van der Waals surface area contributed by atoms with Gasteiger partial charge in [-0.2, -0.15) is 0 Å². The van der Waals surface area contributed by atoms with Crippen molar-refractivity contribution in [3.8, 4) is 0 Å². The van der Waals surface area contributed by atoms with Gasteiger partial charge in [-0.3, -0.25) is 4.79 Å². The average molecular weight is 231 g/mol. The first-order valence-corrected chi connectivity index (χ1v) is 5.23. The van der Waals surface area contributed by atoms with Crippen LogP contribution in [0.4, 0.5) is 0 Å². The van der Waals surface area contributed by atoms with E-state index in [1.54, 1.807) is 12.0 Å². The SMILES string of the molecule is COC1CCCN(C(=O)COCC(=O)O)C1. The topological polar surface area (TPSA) is 76.1 Å². The molecule has 0 aromatic heterocycles. The van der Waals surface area contributed by atoms with Crippen LogP contribution in [0.15, 0.2) is 0 Å². The molecule has 0 saturated carbocycles. The first kappa shape index (κ1) is 12.9. The van der Waals surface area contributed by atoms with E-state index in [9.17, 15) is 9.59 Å². The minimum atomic E-state index is -1.07. The zero-order valence-electron chi connectivity index (χ0n) is 9.35. The Labute approximate surface area is 94.1 Å². The normalized spacial score (nSPS) is 20.8. The number of amides is 1. The fourth-order valence-corrected chi connectivity index (χ4v) is 1.67. The van der Waals surface area contributed by atoms with E-state index in [-0.39, 0.29) is 18.6 Å². The van der Waals surface area contributed by atoms with Gasteiger partial charge in [0.2, 0.25) is 5.91 Å². The van der Waals surface area contributed by atoms with Gasteiger partial charge in [0.25, 0.3) is 0 Å². The van der Waals surface area contributed by atoms with Crippen LogP contribution in [0.25, 0.3) is 0 Å². The molecule has 92 valence electrons. The number of carbonyl (C=O) groups excluding carboxylic acids is 1. The molecule has 0 bridgehead atoms. The highest BCUT2D eigenvalue weighted by Crippen LogP contribution is 2.12. The minimum absolute atomic E-state index is 0.0807. The second-order valence-corrected chi connectivity index (χ2v) is 3.73. The molecule has 1 heterocycles. The summed E-state index contributed by atoms with van der Waals surface area (Å²) in [5.41, 5.74) is 0. The van der Waals surface area contributed by atoms with Crippen molar-refractivity contribution in [1.29, 1.82) is 0 Å². The summed E-state index contributed by atoms with van der Waals surface area (Å²) >= 11 is 0. The van der Waals surface area contributed by atoms with Crippen LogP contribution in [0.1, 0.15) is 12.8 Å². The highest BCUT2D eigenvalue weighted by atomic mass is 16.5. The smallest absolute Gasteiger partial charge is 0.329 e. The summed E-state index contributed by atoms with van der Waals surface area (Å²) < 4.78 is 9.93. The molecule has 0 aromatic rings.